The zero-order chi connectivity index (χ0) is 16.0. The Bertz CT molecular complexity index is 1080. The number of nitrogens with zero attached hydrogens (tertiary/aromatic N) is 3. The number of aryl methyl sites for hydroxylation is 1. The zero-order valence-electron chi connectivity index (χ0n) is 12.5. The Labute approximate surface area is 135 Å². The molecule has 0 atom stereocenters. The van der Waals surface area contributed by atoms with E-state index < -0.39 is 0 Å². The van der Waals surface area contributed by atoms with Crippen molar-refractivity contribution in [2.75, 3.05) is 0 Å². The van der Waals surface area contributed by atoms with Gasteiger partial charge in [-0.05, 0) is 31.5 Å². The summed E-state index contributed by atoms with van der Waals surface area (Å²) >= 11 is 1.45. The lowest BCUT2D eigenvalue weighted by Gasteiger charge is -2.03. The fourth-order valence-corrected chi connectivity index (χ4v) is 3.48. The summed E-state index contributed by atoms with van der Waals surface area (Å²) in [4.78, 5) is 24.2. The number of thiazole rings is 1. The van der Waals surface area contributed by atoms with E-state index in [1.54, 1.807) is 6.20 Å². The molecular formula is C16H13N5OS. The molecule has 0 spiro atoms. The average molecular weight is 323 g/mol. The lowest BCUT2D eigenvalue weighted by molar-refractivity contribution is 0.931. The molecule has 114 valence electrons. The molecule has 0 unspecified atom stereocenters. The van der Waals surface area contributed by atoms with E-state index in [1.165, 1.54) is 11.3 Å². The first-order chi connectivity index (χ1) is 11.1. The number of nitrogens with one attached hydrogen (secondary N) is 2. The highest BCUT2D eigenvalue weighted by atomic mass is 32.1. The van der Waals surface area contributed by atoms with Crippen LogP contribution in [-0.2, 0) is 0 Å². The van der Waals surface area contributed by atoms with Gasteiger partial charge in [0.05, 0.1) is 17.0 Å². The minimum atomic E-state index is -0.213. The maximum atomic E-state index is 12.1. The molecule has 4 aromatic heterocycles. The molecule has 4 rings (SSSR count). The molecule has 0 aromatic carbocycles. The molecule has 0 saturated carbocycles. The zero-order valence-corrected chi connectivity index (χ0v) is 13.4. The monoisotopic (exact) mass is 323 g/mol. The van der Waals surface area contributed by atoms with Crippen LogP contribution in [0.3, 0.4) is 0 Å². The first kappa shape index (κ1) is 13.8. The molecule has 0 amide bonds. The topological polar surface area (TPSA) is 87.3 Å². The van der Waals surface area contributed by atoms with E-state index in [9.17, 15) is 4.79 Å². The highest BCUT2D eigenvalue weighted by Crippen LogP contribution is 2.32. The van der Waals surface area contributed by atoms with Crippen LogP contribution in [0.1, 0.15) is 11.3 Å². The van der Waals surface area contributed by atoms with Crippen molar-refractivity contribution in [2.45, 2.75) is 13.8 Å². The van der Waals surface area contributed by atoms with Gasteiger partial charge in [-0.2, -0.15) is 5.10 Å². The van der Waals surface area contributed by atoms with Gasteiger partial charge in [-0.3, -0.25) is 4.79 Å². The standard InChI is InChI=1S/C16H13N5OS/c1-8-9(2)20-21-15(22)13(8)16-19-12(7-23-16)11-6-18-14-10(11)4-3-5-17-14/h3-7H,1-2H3,(H,17,18)(H,21,22). The number of aromatic amines is 2. The van der Waals surface area contributed by atoms with E-state index in [4.69, 9.17) is 0 Å². The summed E-state index contributed by atoms with van der Waals surface area (Å²) in [7, 11) is 0. The maximum absolute atomic E-state index is 12.1. The molecule has 0 aliphatic rings. The largest absolute Gasteiger partial charge is 0.345 e. The third kappa shape index (κ3) is 2.17. The van der Waals surface area contributed by atoms with Gasteiger partial charge in [0.15, 0.2) is 0 Å². The molecule has 0 aliphatic carbocycles. The van der Waals surface area contributed by atoms with Crippen molar-refractivity contribution in [2.24, 2.45) is 0 Å². The second kappa shape index (κ2) is 5.13. The van der Waals surface area contributed by atoms with Crippen molar-refractivity contribution in [3.8, 4) is 21.8 Å². The summed E-state index contributed by atoms with van der Waals surface area (Å²) < 4.78 is 0. The first-order valence-electron chi connectivity index (χ1n) is 7.09. The Balaban J connectivity index is 1.88. The number of hydrogen-bond acceptors (Lipinski definition) is 5. The van der Waals surface area contributed by atoms with Crippen molar-refractivity contribution in [3.63, 3.8) is 0 Å². The van der Waals surface area contributed by atoms with Gasteiger partial charge in [-0.15, -0.1) is 11.3 Å². The number of rotatable bonds is 2. The molecule has 6 nitrogen and oxygen atoms in total. The molecule has 2 N–H and O–H groups in total. The molecule has 0 aliphatic heterocycles. The Hall–Kier alpha value is -2.80. The van der Waals surface area contributed by atoms with Gasteiger partial charge in [-0.1, -0.05) is 0 Å². The summed E-state index contributed by atoms with van der Waals surface area (Å²) in [6, 6.07) is 3.90. The van der Waals surface area contributed by atoms with Gasteiger partial charge in [-0.25, -0.2) is 15.1 Å². The van der Waals surface area contributed by atoms with E-state index in [0.717, 1.165) is 33.5 Å². The summed E-state index contributed by atoms with van der Waals surface area (Å²) in [5.74, 6) is 0. The molecule has 4 aromatic rings. The van der Waals surface area contributed by atoms with Gasteiger partial charge < -0.3 is 4.98 Å². The maximum Gasteiger partial charge on any atom is 0.274 e. The van der Waals surface area contributed by atoms with Crippen LogP contribution in [-0.4, -0.2) is 25.1 Å². The van der Waals surface area contributed by atoms with E-state index in [2.05, 4.69) is 25.1 Å². The van der Waals surface area contributed by atoms with Crippen LogP contribution in [0.25, 0.3) is 32.9 Å². The molecular weight excluding hydrogens is 310 g/mol. The Morgan fingerprint density at radius 3 is 3.00 bits per heavy atom. The molecule has 4 heterocycles. The van der Waals surface area contributed by atoms with E-state index >= 15 is 0 Å². The molecule has 0 radical (unpaired) electrons. The molecule has 23 heavy (non-hydrogen) atoms. The van der Waals surface area contributed by atoms with Gasteiger partial charge >= 0.3 is 0 Å². The third-order valence-corrected chi connectivity index (χ3v) is 4.77. The smallest absolute Gasteiger partial charge is 0.274 e. The van der Waals surface area contributed by atoms with Gasteiger partial charge in [0, 0.05) is 28.7 Å². The summed E-state index contributed by atoms with van der Waals surface area (Å²) in [5.41, 5.74) is 4.67. The van der Waals surface area contributed by atoms with Crippen LogP contribution in [0.15, 0.2) is 34.7 Å². The lowest BCUT2D eigenvalue weighted by Crippen LogP contribution is -2.14. The highest BCUT2D eigenvalue weighted by molar-refractivity contribution is 7.13. The van der Waals surface area contributed by atoms with E-state index in [-0.39, 0.29) is 5.56 Å². The van der Waals surface area contributed by atoms with Crippen LogP contribution in [0.4, 0.5) is 0 Å². The fraction of sp³-hybridized carbons (Fsp3) is 0.125. The molecule has 0 bridgehead atoms. The number of aromatic nitrogens is 5. The van der Waals surface area contributed by atoms with Crippen molar-refractivity contribution in [1.82, 2.24) is 25.1 Å². The minimum Gasteiger partial charge on any atom is -0.345 e. The summed E-state index contributed by atoms with van der Waals surface area (Å²) in [5, 5.41) is 10.2. The Morgan fingerprint density at radius 2 is 2.13 bits per heavy atom. The minimum absolute atomic E-state index is 0.213. The van der Waals surface area contributed by atoms with Crippen LogP contribution in [0.5, 0.6) is 0 Å². The molecule has 0 saturated heterocycles. The lowest BCUT2D eigenvalue weighted by atomic mass is 10.1. The number of hydrogen-bond donors (Lipinski definition) is 2. The van der Waals surface area contributed by atoms with Gasteiger partial charge in [0.25, 0.3) is 5.56 Å². The fourth-order valence-electron chi connectivity index (χ4n) is 2.56. The highest BCUT2D eigenvalue weighted by Gasteiger charge is 2.16. The van der Waals surface area contributed by atoms with Gasteiger partial charge in [0.1, 0.15) is 10.7 Å². The SMILES string of the molecule is Cc1n[nH]c(=O)c(-c2nc(-c3c[nH]c4ncccc34)cs2)c1C. The third-order valence-electron chi connectivity index (χ3n) is 3.92. The van der Waals surface area contributed by atoms with Crippen LogP contribution >= 0.6 is 11.3 Å². The normalized spacial score (nSPS) is 11.2. The number of fused-ring (bicyclic) bond motifs is 1. The van der Waals surface area contributed by atoms with Crippen molar-refractivity contribution in [1.29, 1.82) is 0 Å². The predicted octanol–water partition coefficient (Wildman–Crippen LogP) is 3.05. The second-order valence-electron chi connectivity index (χ2n) is 5.28. The van der Waals surface area contributed by atoms with Crippen LogP contribution < -0.4 is 5.56 Å². The number of pyridine rings is 1. The molecule has 7 heteroatoms. The first-order valence-corrected chi connectivity index (χ1v) is 7.97. The number of H-pyrrole nitrogens is 2. The summed E-state index contributed by atoms with van der Waals surface area (Å²) in [6.07, 6.45) is 3.64. The van der Waals surface area contributed by atoms with E-state index in [1.807, 2.05) is 37.6 Å². The van der Waals surface area contributed by atoms with Crippen molar-refractivity contribution < 1.29 is 0 Å². The Kier molecular flexibility index (Phi) is 3.09. The Morgan fingerprint density at radius 1 is 1.26 bits per heavy atom. The predicted molar refractivity (Wildman–Crippen MR) is 90.5 cm³/mol. The molecule has 0 fully saturated rings. The van der Waals surface area contributed by atoms with E-state index in [0.29, 0.717) is 10.6 Å². The van der Waals surface area contributed by atoms with Gasteiger partial charge in [0.2, 0.25) is 0 Å². The second-order valence-corrected chi connectivity index (χ2v) is 6.14. The average Bonchev–Trinajstić information content (AvgIpc) is 3.18. The van der Waals surface area contributed by atoms with Crippen LogP contribution in [0.2, 0.25) is 0 Å². The quantitative estimate of drug-likeness (QED) is 0.593. The van der Waals surface area contributed by atoms with Crippen LogP contribution in [0, 0.1) is 13.8 Å². The van der Waals surface area contributed by atoms with Crippen molar-refractivity contribution >= 4 is 22.4 Å². The summed E-state index contributed by atoms with van der Waals surface area (Å²) in [6.45, 7) is 3.76. The van der Waals surface area contributed by atoms with Crippen molar-refractivity contribution in [3.05, 3.63) is 51.5 Å².